The quantitative estimate of drug-likeness (QED) is 0.907. The molecule has 2 aromatic rings. The van der Waals surface area contributed by atoms with Crippen molar-refractivity contribution in [2.45, 2.75) is 44.4 Å². The van der Waals surface area contributed by atoms with E-state index < -0.39 is 0 Å². The van der Waals surface area contributed by atoms with Crippen LogP contribution in [-0.2, 0) is 18.3 Å². The van der Waals surface area contributed by atoms with E-state index in [0.717, 1.165) is 43.5 Å². The van der Waals surface area contributed by atoms with Crippen molar-refractivity contribution in [3.63, 3.8) is 0 Å². The van der Waals surface area contributed by atoms with Crippen LogP contribution in [0.25, 0.3) is 11.3 Å². The Kier molecular flexibility index (Phi) is 4.36. The Morgan fingerprint density at radius 2 is 2.10 bits per heavy atom. The number of hydrogen-bond acceptors (Lipinski definition) is 4. The topological polar surface area (TPSA) is 70.9 Å². The minimum Gasteiger partial charge on any atom is -0.376 e. The molecule has 0 bridgehead atoms. The summed E-state index contributed by atoms with van der Waals surface area (Å²) < 4.78 is 9.89. The van der Waals surface area contributed by atoms with Crippen molar-refractivity contribution in [2.75, 3.05) is 6.61 Å². The third-order valence-electron chi connectivity index (χ3n) is 4.12. The highest BCUT2D eigenvalue weighted by Crippen LogP contribution is 2.21. The van der Waals surface area contributed by atoms with E-state index in [-0.39, 0.29) is 0 Å². The lowest BCUT2D eigenvalue weighted by Crippen LogP contribution is -2.30. The molecular formula is C15H23N5O. The van der Waals surface area contributed by atoms with Crippen LogP contribution in [0.2, 0.25) is 0 Å². The molecule has 1 fully saturated rings. The predicted molar refractivity (Wildman–Crippen MR) is 80.6 cm³/mol. The van der Waals surface area contributed by atoms with Crippen molar-refractivity contribution in [1.29, 1.82) is 0 Å². The van der Waals surface area contributed by atoms with Crippen LogP contribution in [0.3, 0.4) is 0 Å². The standard InChI is InChI=1S/C15H23N5O/c1-19-10-12(8-18-19)15-9-17-11-20(15)6-7-21-14-4-2-13(16)3-5-14/h8-11,13-14H,2-7,16H2,1H3. The normalized spacial score (nSPS) is 22.6. The number of ether oxygens (including phenoxy) is 1. The zero-order chi connectivity index (χ0) is 14.7. The summed E-state index contributed by atoms with van der Waals surface area (Å²) in [6.45, 7) is 1.52. The first-order chi connectivity index (χ1) is 10.2. The van der Waals surface area contributed by atoms with Gasteiger partial charge in [-0.25, -0.2) is 4.98 Å². The first kappa shape index (κ1) is 14.3. The molecule has 0 aromatic carbocycles. The molecule has 0 radical (unpaired) electrons. The zero-order valence-corrected chi connectivity index (χ0v) is 12.5. The van der Waals surface area contributed by atoms with Gasteiger partial charge in [-0.2, -0.15) is 5.10 Å². The second-order valence-electron chi connectivity index (χ2n) is 5.78. The molecule has 0 amide bonds. The van der Waals surface area contributed by atoms with Crippen LogP contribution in [0.15, 0.2) is 24.9 Å². The van der Waals surface area contributed by atoms with Gasteiger partial charge in [0, 0.05) is 31.4 Å². The number of nitrogens with two attached hydrogens (primary N) is 1. The highest BCUT2D eigenvalue weighted by molar-refractivity contribution is 5.56. The third kappa shape index (κ3) is 3.51. The highest BCUT2D eigenvalue weighted by atomic mass is 16.5. The summed E-state index contributed by atoms with van der Waals surface area (Å²) in [6.07, 6.45) is 12.3. The maximum absolute atomic E-state index is 5.98. The van der Waals surface area contributed by atoms with Gasteiger partial charge in [0.25, 0.3) is 0 Å². The lowest BCUT2D eigenvalue weighted by molar-refractivity contribution is 0.0211. The van der Waals surface area contributed by atoms with E-state index in [9.17, 15) is 0 Å². The van der Waals surface area contributed by atoms with E-state index in [1.54, 1.807) is 4.68 Å². The van der Waals surface area contributed by atoms with E-state index >= 15 is 0 Å². The van der Waals surface area contributed by atoms with Crippen LogP contribution >= 0.6 is 0 Å². The maximum Gasteiger partial charge on any atom is 0.0951 e. The Morgan fingerprint density at radius 1 is 1.29 bits per heavy atom. The van der Waals surface area contributed by atoms with Gasteiger partial charge in [-0.1, -0.05) is 0 Å². The number of nitrogens with zero attached hydrogens (tertiary/aromatic N) is 4. The first-order valence-corrected chi connectivity index (χ1v) is 7.58. The molecule has 0 spiro atoms. The molecule has 2 aromatic heterocycles. The molecule has 1 aliphatic carbocycles. The highest BCUT2D eigenvalue weighted by Gasteiger charge is 2.18. The minimum absolute atomic E-state index is 0.371. The average Bonchev–Trinajstić information content (AvgIpc) is 3.10. The van der Waals surface area contributed by atoms with Crippen LogP contribution in [-0.4, -0.2) is 38.1 Å². The van der Waals surface area contributed by atoms with Gasteiger partial charge in [-0.3, -0.25) is 4.68 Å². The Labute approximate surface area is 124 Å². The minimum atomic E-state index is 0.371. The molecule has 0 atom stereocenters. The summed E-state index contributed by atoms with van der Waals surface area (Å²) >= 11 is 0. The lowest BCUT2D eigenvalue weighted by atomic mass is 9.94. The van der Waals surface area contributed by atoms with E-state index in [4.69, 9.17) is 10.5 Å². The fourth-order valence-corrected chi connectivity index (χ4v) is 2.87. The van der Waals surface area contributed by atoms with Crippen LogP contribution < -0.4 is 5.73 Å². The number of aryl methyl sites for hydroxylation is 1. The number of imidazole rings is 1. The molecule has 114 valence electrons. The second-order valence-corrected chi connectivity index (χ2v) is 5.78. The molecular weight excluding hydrogens is 266 g/mol. The fraction of sp³-hybridized carbons (Fsp3) is 0.600. The van der Waals surface area contributed by atoms with Gasteiger partial charge < -0.3 is 15.0 Å². The van der Waals surface area contributed by atoms with Gasteiger partial charge in [0.2, 0.25) is 0 Å². The molecule has 2 heterocycles. The van der Waals surface area contributed by atoms with E-state index in [1.165, 1.54) is 0 Å². The third-order valence-corrected chi connectivity index (χ3v) is 4.12. The Morgan fingerprint density at radius 3 is 2.81 bits per heavy atom. The summed E-state index contributed by atoms with van der Waals surface area (Å²) in [5.41, 5.74) is 8.08. The Bertz CT molecular complexity index is 568. The molecule has 6 nitrogen and oxygen atoms in total. The monoisotopic (exact) mass is 289 g/mol. The number of rotatable bonds is 5. The molecule has 21 heavy (non-hydrogen) atoms. The second kappa shape index (κ2) is 6.41. The average molecular weight is 289 g/mol. The van der Waals surface area contributed by atoms with Crippen LogP contribution in [0.4, 0.5) is 0 Å². The fourth-order valence-electron chi connectivity index (χ4n) is 2.87. The number of aromatic nitrogens is 4. The number of hydrogen-bond donors (Lipinski definition) is 1. The summed E-state index contributed by atoms with van der Waals surface area (Å²) in [5, 5.41) is 4.21. The van der Waals surface area contributed by atoms with Crippen LogP contribution in [0.5, 0.6) is 0 Å². The Hall–Kier alpha value is -1.66. The van der Waals surface area contributed by atoms with Gasteiger partial charge in [0.1, 0.15) is 0 Å². The molecule has 6 heteroatoms. The summed E-state index contributed by atoms with van der Waals surface area (Å²) in [5.74, 6) is 0. The van der Waals surface area contributed by atoms with E-state index in [2.05, 4.69) is 14.6 Å². The largest absolute Gasteiger partial charge is 0.376 e. The van der Waals surface area contributed by atoms with Gasteiger partial charge in [0.15, 0.2) is 0 Å². The summed E-state index contributed by atoms with van der Waals surface area (Å²) in [4.78, 5) is 4.24. The van der Waals surface area contributed by atoms with Crippen molar-refractivity contribution in [2.24, 2.45) is 12.8 Å². The molecule has 2 N–H and O–H groups in total. The van der Waals surface area contributed by atoms with E-state index in [0.29, 0.717) is 18.8 Å². The molecule has 0 saturated heterocycles. The van der Waals surface area contributed by atoms with Gasteiger partial charge in [-0.15, -0.1) is 0 Å². The SMILES string of the molecule is Cn1cc(-c2cncn2CCOC2CCC(N)CC2)cn1. The van der Waals surface area contributed by atoms with E-state index in [1.807, 2.05) is 32.0 Å². The van der Waals surface area contributed by atoms with Crippen molar-refractivity contribution in [3.8, 4) is 11.3 Å². The van der Waals surface area contributed by atoms with Crippen molar-refractivity contribution in [1.82, 2.24) is 19.3 Å². The molecule has 0 aliphatic heterocycles. The molecule has 1 saturated carbocycles. The van der Waals surface area contributed by atoms with Crippen molar-refractivity contribution >= 4 is 0 Å². The van der Waals surface area contributed by atoms with Crippen LogP contribution in [0.1, 0.15) is 25.7 Å². The molecule has 1 aliphatic rings. The van der Waals surface area contributed by atoms with Gasteiger partial charge >= 0.3 is 0 Å². The zero-order valence-electron chi connectivity index (χ0n) is 12.5. The first-order valence-electron chi connectivity index (χ1n) is 7.58. The van der Waals surface area contributed by atoms with Gasteiger partial charge in [0.05, 0.1) is 37.1 Å². The molecule has 0 unspecified atom stereocenters. The summed E-state index contributed by atoms with van der Waals surface area (Å²) in [6, 6.07) is 0.371. The smallest absolute Gasteiger partial charge is 0.0951 e. The van der Waals surface area contributed by atoms with Crippen molar-refractivity contribution < 1.29 is 4.74 Å². The van der Waals surface area contributed by atoms with Crippen LogP contribution in [0, 0.1) is 0 Å². The van der Waals surface area contributed by atoms with Crippen molar-refractivity contribution in [3.05, 3.63) is 24.9 Å². The predicted octanol–water partition coefficient (Wildman–Crippen LogP) is 1.57. The molecule has 3 rings (SSSR count). The van der Waals surface area contributed by atoms with Gasteiger partial charge in [-0.05, 0) is 25.7 Å². The summed E-state index contributed by atoms with van der Waals surface area (Å²) in [7, 11) is 1.92. The lowest BCUT2D eigenvalue weighted by Gasteiger charge is -2.26. The Balaban J connectivity index is 1.53. The maximum atomic E-state index is 5.98.